The van der Waals surface area contributed by atoms with Gasteiger partial charge in [0.1, 0.15) is 17.5 Å². The van der Waals surface area contributed by atoms with Crippen molar-refractivity contribution in [2.45, 2.75) is 0 Å². The third kappa shape index (κ3) is 4.02. The third-order valence-electron chi connectivity index (χ3n) is 2.85. The van der Waals surface area contributed by atoms with E-state index in [2.05, 4.69) is 5.32 Å². The van der Waals surface area contributed by atoms with Crippen molar-refractivity contribution in [3.8, 4) is 6.07 Å². The van der Waals surface area contributed by atoms with Gasteiger partial charge in [-0.15, -0.1) is 0 Å². The topological polar surface area (TPSA) is 52.9 Å². The number of hydrogen-bond donors (Lipinski definition) is 1. The molecule has 0 spiro atoms. The number of carbonyl (C=O) groups excluding carboxylic acids is 1. The first-order chi connectivity index (χ1) is 10.9. The fourth-order valence-electron chi connectivity index (χ4n) is 1.74. The lowest BCUT2D eigenvalue weighted by molar-refractivity contribution is -0.112. The van der Waals surface area contributed by atoms with Crippen LogP contribution >= 0.6 is 34.8 Å². The Labute approximate surface area is 146 Å². The number of amides is 1. The van der Waals surface area contributed by atoms with Crippen LogP contribution in [-0.4, -0.2) is 5.91 Å². The van der Waals surface area contributed by atoms with Gasteiger partial charge in [-0.1, -0.05) is 46.9 Å². The average Bonchev–Trinajstić information content (AvgIpc) is 2.51. The maximum Gasteiger partial charge on any atom is 0.266 e. The average molecular weight is 370 g/mol. The van der Waals surface area contributed by atoms with Crippen molar-refractivity contribution in [3.05, 3.63) is 68.4 Å². The van der Waals surface area contributed by atoms with Crippen molar-refractivity contribution in [2.75, 3.05) is 5.32 Å². The number of benzene rings is 2. The highest BCUT2D eigenvalue weighted by Crippen LogP contribution is 2.30. The van der Waals surface area contributed by atoms with E-state index in [1.54, 1.807) is 12.1 Å². The minimum Gasteiger partial charge on any atom is -0.319 e. The molecule has 0 aromatic heterocycles. The SMILES string of the molecule is N#C/C(=C\c1c(F)cccc1Cl)C(=O)Nc1c(Cl)cccc1Cl. The molecule has 0 aliphatic rings. The molecule has 2 rings (SSSR count). The molecule has 0 saturated carbocycles. The van der Waals surface area contributed by atoms with E-state index in [0.717, 1.165) is 6.08 Å². The van der Waals surface area contributed by atoms with Crippen LogP contribution in [0.1, 0.15) is 5.56 Å². The second-order valence-electron chi connectivity index (χ2n) is 4.36. The molecule has 0 fully saturated rings. The Morgan fingerprint density at radius 1 is 1.09 bits per heavy atom. The van der Waals surface area contributed by atoms with E-state index in [1.807, 2.05) is 0 Å². The number of carbonyl (C=O) groups is 1. The van der Waals surface area contributed by atoms with Crippen molar-refractivity contribution in [3.63, 3.8) is 0 Å². The number of para-hydroxylation sites is 1. The minimum atomic E-state index is -0.776. The first-order valence-corrected chi connectivity index (χ1v) is 7.38. The lowest BCUT2D eigenvalue weighted by atomic mass is 10.1. The molecule has 0 unspecified atom stereocenters. The monoisotopic (exact) mass is 368 g/mol. The minimum absolute atomic E-state index is 0.0499. The molecule has 0 aliphatic carbocycles. The standard InChI is InChI=1S/C16H8Cl3FN2O/c17-11-3-2-6-14(20)10(11)7-9(8-21)16(23)22-15-12(18)4-1-5-13(15)19/h1-7H,(H,22,23)/b9-7+. The van der Waals surface area contributed by atoms with Crippen molar-refractivity contribution < 1.29 is 9.18 Å². The summed E-state index contributed by atoms with van der Waals surface area (Å²) in [4.78, 5) is 12.2. The molecule has 0 atom stereocenters. The normalized spacial score (nSPS) is 11.0. The molecule has 23 heavy (non-hydrogen) atoms. The molecule has 0 radical (unpaired) electrons. The van der Waals surface area contributed by atoms with Crippen LogP contribution < -0.4 is 5.32 Å². The van der Waals surface area contributed by atoms with Gasteiger partial charge in [0, 0.05) is 5.56 Å². The largest absolute Gasteiger partial charge is 0.319 e. The Hall–Kier alpha value is -2.06. The molecule has 0 heterocycles. The van der Waals surface area contributed by atoms with Crippen molar-refractivity contribution in [1.29, 1.82) is 5.26 Å². The van der Waals surface area contributed by atoms with Gasteiger partial charge in [0.15, 0.2) is 0 Å². The highest BCUT2D eigenvalue weighted by molar-refractivity contribution is 6.40. The number of nitrogens with zero attached hydrogens (tertiary/aromatic N) is 1. The molecule has 7 heteroatoms. The van der Waals surface area contributed by atoms with Gasteiger partial charge in [-0.05, 0) is 30.3 Å². The Balaban J connectivity index is 2.37. The fourth-order valence-corrected chi connectivity index (χ4v) is 2.45. The van der Waals surface area contributed by atoms with Crippen molar-refractivity contribution in [2.24, 2.45) is 0 Å². The Kier molecular flexibility index (Phi) is 5.62. The summed E-state index contributed by atoms with van der Waals surface area (Å²) in [5.41, 5.74) is -0.222. The molecule has 1 N–H and O–H groups in total. The molecule has 0 bridgehead atoms. The molecule has 2 aromatic carbocycles. The van der Waals surface area contributed by atoms with Crippen LogP contribution in [0.4, 0.5) is 10.1 Å². The van der Waals surface area contributed by atoms with Gasteiger partial charge in [-0.2, -0.15) is 5.26 Å². The van der Waals surface area contributed by atoms with Crippen LogP contribution in [-0.2, 0) is 4.79 Å². The summed E-state index contributed by atoms with van der Waals surface area (Å²) in [6.45, 7) is 0. The van der Waals surface area contributed by atoms with Gasteiger partial charge < -0.3 is 5.32 Å². The molecule has 116 valence electrons. The Bertz CT molecular complexity index is 803. The third-order valence-corrected chi connectivity index (χ3v) is 3.81. The molecule has 2 aromatic rings. The first-order valence-electron chi connectivity index (χ1n) is 6.25. The number of rotatable bonds is 3. The van der Waals surface area contributed by atoms with Gasteiger partial charge in [0.25, 0.3) is 5.91 Å². The number of nitrogens with one attached hydrogen (secondary N) is 1. The molecule has 1 amide bonds. The Morgan fingerprint density at radius 3 is 2.22 bits per heavy atom. The molecular formula is C16H8Cl3FN2O. The second kappa shape index (κ2) is 7.47. The van der Waals surface area contributed by atoms with Gasteiger partial charge >= 0.3 is 0 Å². The van der Waals surface area contributed by atoms with Crippen molar-refractivity contribution in [1.82, 2.24) is 0 Å². The number of anilines is 1. The van der Waals surface area contributed by atoms with E-state index < -0.39 is 11.7 Å². The maximum atomic E-state index is 13.8. The summed E-state index contributed by atoms with van der Waals surface area (Å²) < 4.78 is 13.8. The van der Waals surface area contributed by atoms with Crippen LogP contribution in [0.2, 0.25) is 15.1 Å². The van der Waals surface area contributed by atoms with E-state index in [9.17, 15) is 9.18 Å². The highest BCUT2D eigenvalue weighted by Gasteiger charge is 2.15. The van der Waals surface area contributed by atoms with Crippen LogP contribution in [0.5, 0.6) is 0 Å². The van der Waals surface area contributed by atoms with Gasteiger partial charge in [0.2, 0.25) is 0 Å². The summed E-state index contributed by atoms with van der Waals surface area (Å²) in [5, 5.41) is 12.1. The van der Waals surface area contributed by atoms with E-state index in [4.69, 9.17) is 40.1 Å². The van der Waals surface area contributed by atoms with Crippen LogP contribution in [0, 0.1) is 17.1 Å². The van der Waals surface area contributed by atoms with Gasteiger partial charge in [-0.25, -0.2) is 4.39 Å². The summed E-state index contributed by atoms with van der Waals surface area (Å²) in [6, 6.07) is 10.4. The quantitative estimate of drug-likeness (QED) is 0.587. The molecular weight excluding hydrogens is 362 g/mol. The van der Waals surface area contributed by atoms with E-state index in [0.29, 0.717) is 0 Å². The Morgan fingerprint density at radius 2 is 1.65 bits per heavy atom. The van der Waals surface area contributed by atoms with Crippen LogP contribution in [0.15, 0.2) is 42.0 Å². The summed E-state index contributed by atoms with van der Waals surface area (Å²) in [5.74, 6) is -1.42. The van der Waals surface area contributed by atoms with Crippen molar-refractivity contribution >= 4 is 52.5 Å². The summed E-state index contributed by atoms with van der Waals surface area (Å²) in [7, 11) is 0. The number of nitriles is 1. The van der Waals surface area contributed by atoms with Gasteiger partial charge in [-0.3, -0.25) is 4.79 Å². The lowest BCUT2D eigenvalue weighted by Crippen LogP contribution is -2.14. The van der Waals surface area contributed by atoms with E-state index >= 15 is 0 Å². The fraction of sp³-hybridized carbons (Fsp3) is 0. The molecule has 0 saturated heterocycles. The highest BCUT2D eigenvalue weighted by atomic mass is 35.5. The predicted octanol–water partition coefficient (Wildman–Crippen LogP) is 5.33. The number of hydrogen-bond acceptors (Lipinski definition) is 2. The predicted molar refractivity (Wildman–Crippen MR) is 90.1 cm³/mol. The molecule has 3 nitrogen and oxygen atoms in total. The van der Waals surface area contributed by atoms with E-state index in [-0.39, 0.29) is 31.9 Å². The van der Waals surface area contributed by atoms with E-state index in [1.165, 1.54) is 30.3 Å². The van der Waals surface area contributed by atoms with Gasteiger partial charge in [0.05, 0.1) is 20.8 Å². The summed E-state index contributed by atoms with van der Waals surface area (Å²) >= 11 is 17.8. The van der Waals surface area contributed by atoms with Crippen LogP contribution in [0.25, 0.3) is 6.08 Å². The lowest BCUT2D eigenvalue weighted by Gasteiger charge is -2.08. The molecule has 0 aliphatic heterocycles. The first kappa shape index (κ1) is 17.3. The zero-order valence-electron chi connectivity index (χ0n) is 11.4. The maximum absolute atomic E-state index is 13.8. The summed E-state index contributed by atoms with van der Waals surface area (Å²) in [6.07, 6.45) is 1.07. The zero-order valence-corrected chi connectivity index (χ0v) is 13.7. The smallest absolute Gasteiger partial charge is 0.266 e. The second-order valence-corrected chi connectivity index (χ2v) is 5.58. The number of halogens is 4. The van der Waals surface area contributed by atoms with Crippen LogP contribution in [0.3, 0.4) is 0 Å². The zero-order chi connectivity index (χ0) is 17.0.